The maximum atomic E-state index is 9.75. The van der Waals surface area contributed by atoms with E-state index in [9.17, 15) is 51.8 Å². The van der Waals surface area contributed by atoms with Gasteiger partial charge in [-0.15, -0.1) is 0 Å². The van der Waals surface area contributed by atoms with Crippen molar-refractivity contribution in [1.82, 2.24) is 0 Å². The molecular weight excluding hydrogens is 338 g/mol. The van der Waals surface area contributed by atoms with E-state index in [-0.39, 0.29) is 0 Å². The third-order valence-corrected chi connectivity index (χ3v) is 0.652. The molecule has 17 heteroatoms. The molecule has 0 rings (SSSR count). The molecule has 0 amide bonds. The Kier molecular flexibility index (Phi) is 19.7. The monoisotopic (exact) mass is 340 g/mol. The SMILES string of the molecule is F[B-](F)(F)F.F[B-](F)(F)F.F[B-](F)(F)F.N#C[CH2][K]. The predicted molar refractivity (Wildman–Crippen MR) is 46.7 cm³/mol. The van der Waals surface area contributed by atoms with E-state index < -0.39 is 21.8 Å². The summed E-state index contributed by atoms with van der Waals surface area (Å²) in [6.07, 6.45) is 0. The molecule has 112 valence electrons. The molecule has 0 heterocycles. The summed E-state index contributed by atoms with van der Waals surface area (Å²) in [6.45, 7) is 0. The fourth-order valence-corrected chi connectivity index (χ4v) is 0. The Labute approximate surface area is 133 Å². The molecule has 0 unspecified atom stereocenters. The third-order valence-electron chi connectivity index (χ3n) is 0.158. The van der Waals surface area contributed by atoms with Gasteiger partial charge in [0.1, 0.15) is 0 Å². The Hall–Kier alpha value is 0.481. The van der Waals surface area contributed by atoms with Crippen molar-refractivity contribution in [2.24, 2.45) is 0 Å². The van der Waals surface area contributed by atoms with Crippen molar-refractivity contribution < 1.29 is 51.8 Å². The molecule has 0 fully saturated rings. The Morgan fingerprint density at radius 1 is 0.632 bits per heavy atom. The van der Waals surface area contributed by atoms with Crippen LogP contribution in [0, 0.1) is 11.3 Å². The summed E-state index contributed by atoms with van der Waals surface area (Å²) in [6, 6.07) is 2.01. The second kappa shape index (κ2) is 13.5. The summed E-state index contributed by atoms with van der Waals surface area (Å²) in [5.41, 5.74) is 0. The Morgan fingerprint density at radius 3 is 0.684 bits per heavy atom. The molecule has 0 radical (unpaired) electrons. The molecule has 0 spiro atoms. The summed E-state index contributed by atoms with van der Waals surface area (Å²) in [7, 11) is -18.0. The number of nitriles is 1. The average Bonchev–Trinajstić information content (AvgIpc) is 1.93. The molecule has 0 aliphatic rings. The molecule has 0 N–H and O–H groups in total. The van der Waals surface area contributed by atoms with Crippen LogP contribution in [0.4, 0.5) is 51.8 Å². The quantitative estimate of drug-likeness (QED) is 0.483. The summed E-state index contributed by atoms with van der Waals surface area (Å²) >= 11 is 0.752. The van der Waals surface area contributed by atoms with Crippen LogP contribution in [0.25, 0.3) is 0 Å². The summed E-state index contributed by atoms with van der Waals surface area (Å²) < 4.78 is 118. The van der Waals surface area contributed by atoms with Crippen molar-refractivity contribution in [3.05, 3.63) is 0 Å². The first kappa shape index (κ1) is 27.8. The Morgan fingerprint density at radius 2 is 0.684 bits per heavy atom. The standard InChI is InChI=1S/C2H2N.3BF4.K/c1-2-3;3*2-1(3,4)5;/h1H2;;;;/q;3*-1;. The molecule has 0 bridgehead atoms. The molecule has 0 aliphatic carbocycles. The number of hydrogen-bond donors (Lipinski definition) is 0. The van der Waals surface area contributed by atoms with Crippen molar-refractivity contribution in [3.8, 4) is 6.07 Å². The van der Waals surface area contributed by atoms with E-state index in [1.807, 2.05) is 6.07 Å². The van der Waals surface area contributed by atoms with Gasteiger partial charge in [-0.25, -0.2) is 0 Å². The third kappa shape index (κ3) is 2290. The maximum absolute atomic E-state index is 9.75. The molecular formula is C2H2B3F12KN-3. The fraction of sp³-hybridized carbons (Fsp3) is 0.500. The Balaban J connectivity index is -0.0000000793. The van der Waals surface area contributed by atoms with Crippen LogP contribution in [0.5, 0.6) is 0 Å². The minimum absolute atomic E-state index is 0.752. The van der Waals surface area contributed by atoms with E-state index in [1.165, 1.54) is 0 Å². The number of rotatable bonds is 0. The summed E-state index contributed by atoms with van der Waals surface area (Å²) in [5, 5.41) is 7.67. The van der Waals surface area contributed by atoms with Gasteiger partial charge in [-0.1, -0.05) is 0 Å². The second-order valence-electron chi connectivity index (χ2n) is 2.00. The van der Waals surface area contributed by atoms with Crippen LogP contribution in [-0.2, 0) is 0 Å². The van der Waals surface area contributed by atoms with Gasteiger partial charge in [0.05, 0.1) is 0 Å². The van der Waals surface area contributed by atoms with Gasteiger partial charge >= 0.3 is 82.6 Å². The predicted octanol–water partition coefficient (Wildman–Crippen LogP) is 4.00. The van der Waals surface area contributed by atoms with Gasteiger partial charge in [-0.05, 0) is 0 Å². The number of hydrogen-bond acceptors (Lipinski definition) is 1. The molecule has 0 aromatic carbocycles. The van der Waals surface area contributed by atoms with Crippen LogP contribution in [0.1, 0.15) is 0 Å². The second-order valence-corrected chi connectivity index (χ2v) is 3.10. The zero-order chi connectivity index (χ0) is 16.9. The van der Waals surface area contributed by atoms with Gasteiger partial charge in [0.15, 0.2) is 0 Å². The molecule has 19 heavy (non-hydrogen) atoms. The van der Waals surface area contributed by atoms with Gasteiger partial charge in [0, 0.05) is 0 Å². The van der Waals surface area contributed by atoms with Crippen molar-refractivity contribution in [1.29, 1.82) is 5.26 Å². The van der Waals surface area contributed by atoms with Gasteiger partial charge in [0.25, 0.3) is 0 Å². The van der Waals surface area contributed by atoms with Crippen LogP contribution in [0.2, 0.25) is 0.515 Å². The Bertz CT molecular complexity index is 179. The molecule has 0 saturated heterocycles. The molecule has 1 nitrogen and oxygen atoms in total. The van der Waals surface area contributed by atoms with E-state index in [1.54, 1.807) is 0 Å². The van der Waals surface area contributed by atoms with E-state index >= 15 is 0 Å². The van der Waals surface area contributed by atoms with Gasteiger partial charge < -0.3 is 51.8 Å². The minimum atomic E-state index is -6.00. The fourth-order valence-electron chi connectivity index (χ4n) is 0. The number of nitrogens with zero attached hydrogens (tertiary/aromatic N) is 1. The average molecular weight is 340 g/mol. The topological polar surface area (TPSA) is 23.8 Å². The van der Waals surface area contributed by atoms with Crippen molar-refractivity contribution in [2.45, 2.75) is 0.515 Å². The van der Waals surface area contributed by atoms with Crippen LogP contribution in [-0.4, -0.2) is 70.7 Å². The van der Waals surface area contributed by atoms with E-state index in [0.29, 0.717) is 0 Å². The van der Waals surface area contributed by atoms with Crippen LogP contribution >= 0.6 is 0 Å². The van der Waals surface area contributed by atoms with Crippen LogP contribution in [0.15, 0.2) is 0 Å². The first-order valence-electron chi connectivity index (χ1n) is 3.90. The van der Waals surface area contributed by atoms with Crippen molar-refractivity contribution in [2.75, 3.05) is 0 Å². The molecule has 0 aromatic rings. The van der Waals surface area contributed by atoms with Crippen LogP contribution < -0.4 is 0 Å². The summed E-state index contributed by atoms with van der Waals surface area (Å²) in [4.78, 5) is 0. The van der Waals surface area contributed by atoms with Gasteiger partial charge in [0.2, 0.25) is 0 Å². The molecule has 0 saturated carbocycles. The van der Waals surface area contributed by atoms with Gasteiger partial charge in [-0.2, -0.15) is 0 Å². The molecule has 0 aliphatic heterocycles. The van der Waals surface area contributed by atoms with Crippen molar-refractivity contribution >= 4 is 70.7 Å². The zero-order valence-corrected chi connectivity index (χ0v) is 12.0. The van der Waals surface area contributed by atoms with E-state index in [2.05, 4.69) is 0 Å². The first-order valence-corrected chi connectivity index (χ1v) is 6.11. The van der Waals surface area contributed by atoms with E-state index in [4.69, 9.17) is 5.26 Å². The first-order chi connectivity index (χ1) is 7.91. The van der Waals surface area contributed by atoms with Crippen molar-refractivity contribution in [3.63, 3.8) is 0 Å². The van der Waals surface area contributed by atoms with Crippen LogP contribution in [0.3, 0.4) is 0 Å². The number of halogens is 12. The summed E-state index contributed by atoms with van der Waals surface area (Å²) in [5.74, 6) is 0. The van der Waals surface area contributed by atoms with E-state index in [0.717, 1.165) is 49.5 Å². The molecule has 0 aromatic heterocycles. The zero-order valence-electron chi connectivity index (χ0n) is 8.92. The normalized spacial score (nSPS) is 10.6. The molecule has 0 atom stereocenters. The van der Waals surface area contributed by atoms with Gasteiger partial charge in [-0.3, -0.25) is 0 Å².